The summed E-state index contributed by atoms with van der Waals surface area (Å²) < 4.78 is 82.9. The van der Waals surface area contributed by atoms with Crippen LogP contribution in [0.1, 0.15) is 13.8 Å². The number of carbonyl (C=O) groups is 1. The summed E-state index contributed by atoms with van der Waals surface area (Å²) in [5.74, 6) is -1.89. The first-order valence-electron chi connectivity index (χ1n) is 7.89. The average Bonchev–Trinajstić information content (AvgIpc) is 2.53. The van der Waals surface area contributed by atoms with Crippen molar-refractivity contribution in [2.24, 2.45) is 0 Å². The Labute approximate surface area is 160 Å². The summed E-state index contributed by atoms with van der Waals surface area (Å²) in [6.45, 7) is 3.37. The highest BCUT2D eigenvalue weighted by Gasteiger charge is 2.34. The molecule has 1 aromatic heterocycles. The topological polar surface area (TPSA) is 85.4 Å². The van der Waals surface area contributed by atoms with Gasteiger partial charge in [-0.1, -0.05) is 0 Å². The van der Waals surface area contributed by atoms with E-state index in [4.69, 9.17) is 0 Å². The molecule has 2 rings (SSSR count). The van der Waals surface area contributed by atoms with Gasteiger partial charge in [-0.25, -0.2) is 14.8 Å². The monoisotopic (exact) mass is 424 g/mol. The number of anilines is 1. The number of carbonyl (C=O) groups excluding carboxylic acids is 1. The minimum atomic E-state index is -5.10. The molecule has 29 heavy (non-hydrogen) atoms. The van der Waals surface area contributed by atoms with Gasteiger partial charge < -0.3 is 14.8 Å². The van der Waals surface area contributed by atoms with Crippen LogP contribution in [0, 0.1) is 0 Å². The van der Waals surface area contributed by atoms with E-state index in [1.807, 2.05) is 0 Å². The quantitative estimate of drug-likeness (QED) is 0.692. The number of nitrogens with one attached hydrogen (secondary N) is 2. The standard InChI is InChI=1S/C16H14F6N4O3/c1-8(2)24-14(27)26-13-23-6-5-11(25-13)10-7-9(28-15(17,18)19)3-4-12(10)29-16(20,21)22/h3-8H,1-2H3,(H2,23,24,25,26,27). The van der Waals surface area contributed by atoms with E-state index in [9.17, 15) is 31.1 Å². The van der Waals surface area contributed by atoms with Crippen molar-refractivity contribution in [1.82, 2.24) is 15.3 Å². The molecule has 0 atom stereocenters. The van der Waals surface area contributed by atoms with Crippen LogP contribution in [-0.2, 0) is 0 Å². The predicted octanol–water partition coefficient (Wildman–Crippen LogP) is 4.47. The lowest BCUT2D eigenvalue weighted by molar-refractivity contribution is -0.276. The van der Waals surface area contributed by atoms with Gasteiger partial charge in [0.1, 0.15) is 11.5 Å². The van der Waals surface area contributed by atoms with Crippen LogP contribution < -0.4 is 20.1 Å². The number of rotatable bonds is 5. The van der Waals surface area contributed by atoms with Crippen LogP contribution in [-0.4, -0.2) is 34.8 Å². The van der Waals surface area contributed by atoms with Crippen LogP contribution in [0.5, 0.6) is 11.5 Å². The highest BCUT2D eigenvalue weighted by molar-refractivity contribution is 5.87. The second-order valence-electron chi connectivity index (χ2n) is 5.77. The van der Waals surface area contributed by atoms with Gasteiger partial charge in [-0.3, -0.25) is 5.32 Å². The molecule has 1 aromatic carbocycles. The normalized spacial score (nSPS) is 11.9. The molecule has 0 aliphatic rings. The maximum absolute atomic E-state index is 12.7. The third-order valence-corrected chi connectivity index (χ3v) is 2.99. The summed E-state index contributed by atoms with van der Waals surface area (Å²) >= 11 is 0. The minimum absolute atomic E-state index is 0.221. The third kappa shape index (κ3) is 7.35. The van der Waals surface area contributed by atoms with Gasteiger partial charge >= 0.3 is 18.8 Å². The fourth-order valence-electron chi connectivity index (χ4n) is 2.09. The van der Waals surface area contributed by atoms with Crippen molar-refractivity contribution in [3.63, 3.8) is 0 Å². The van der Waals surface area contributed by atoms with Crippen LogP contribution >= 0.6 is 0 Å². The zero-order chi connectivity index (χ0) is 21.8. The zero-order valence-corrected chi connectivity index (χ0v) is 14.9. The highest BCUT2D eigenvalue weighted by atomic mass is 19.4. The van der Waals surface area contributed by atoms with E-state index < -0.39 is 35.8 Å². The van der Waals surface area contributed by atoms with E-state index in [-0.39, 0.29) is 17.7 Å². The van der Waals surface area contributed by atoms with Crippen molar-refractivity contribution < 1.29 is 40.6 Å². The summed E-state index contributed by atoms with van der Waals surface area (Å²) in [5, 5.41) is 4.74. The molecule has 0 aliphatic heterocycles. The van der Waals surface area contributed by atoms with Crippen LogP contribution in [0.15, 0.2) is 30.5 Å². The number of nitrogens with zero attached hydrogens (tertiary/aromatic N) is 2. The van der Waals surface area contributed by atoms with Gasteiger partial charge in [0.05, 0.1) is 5.69 Å². The fourth-order valence-corrected chi connectivity index (χ4v) is 2.09. The van der Waals surface area contributed by atoms with E-state index >= 15 is 0 Å². The minimum Gasteiger partial charge on any atom is -0.406 e. The molecule has 1 heterocycles. The lowest BCUT2D eigenvalue weighted by atomic mass is 10.1. The Morgan fingerprint density at radius 1 is 1.03 bits per heavy atom. The summed E-state index contributed by atoms with van der Waals surface area (Å²) in [6.07, 6.45) is -9.06. The lowest BCUT2D eigenvalue weighted by Gasteiger charge is -2.16. The van der Waals surface area contributed by atoms with Crippen molar-refractivity contribution >= 4 is 12.0 Å². The first kappa shape index (κ1) is 22.0. The summed E-state index contributed by atoms with van der Waals surface area (Å²) in [5.41, 5.74) is -0.703. The molecule has 0 saturated carbocycles. The van der Waals surface area contributed by atoms with Gasteiger partial charge in [0.15, 0.2) is 0 Å². The third-order valence-electron chi connectivity index (χ3n) is 2.99. The molecule has 0 aliphatic carbocycles. The molecule has 7 nitrogen and oxygen atoms in total. The van der Waals surface area contributed by atoms with Gasteiger partial charge in [0, 0.05) is 17.8 Å². The van der Waals surface area contributed by atoms with E-state index in [0.29, 0.717) is 18.2 Å². The fraction of sp³-hybridized carbons (Fsp3) is 0.312. The Bertz CT molecular complexity index is 870. The van der Waals surface area contributed by atoms with Crippen molar-refractivity contribution in [1.29, 1.82) is 0 Å². The first-order chi connectivity index (χ1) is 13.3. The van der Waals surface area contributed by atoms with Crippen molar-refractivity contribution in [2.75, 3.05) is 5.32 Å². The number of halogens is 6. The average molecular weight is 424 g/mol. The van der Waals surface area contributed by atoms with Gasteiger partial charge in [0.25, 0.3) is 0 Å². The molecule has 0 bridgehead atoms. The molecule has 0 saturated heterocycles. The molecule has 0 fully saturated rings. The summed E-state index contributed by atoms with van der Waals surface area (Å²) in [4.78, 5) is 19.3. The largest absolute Gasteiger partial charge is 0.573 e. The van der Waals surface area contributed by atoms with Crippen LogP contribution in [0.2, 0.25) is 0 Å². The van der Waals surface area contributed by atoms with Gasteiger partial charge in [-0.15, -0.1) is 26.3 Å². The Hall–Kier alpha value is -3.25. The maximum atomic E-state index is 12.7. The van der Waals surface area contributed by atoms with E-state index in [0.717, 1.165) is 12.3 Å². The van der Waals surface area contributed by atoms with Crippen LogP contribution in [0.3, 0.4) is 0 Å². The summed E-state index contributed by atoms with van der Waals surface area (Å²) in [7, 11) is 0. The predicted molar refractivity (Wildman–Crippen MR) is 88.1 cm³/mol. The maximum Gasteiger partial charge on any atom is 0.573 e. The Balaban J connectivity index is 2.43. The number of ether oxygens (including phenoxy) is 2. The number of urea groups is 1. The van der Waals surface area contributed by atoms with Crippen LogP contribution in [0.25, 0.3) is 11.3 Å². The second-order valence-corrected chi connectivity index (χ2v) is 5.77. The highest BCUT2D eigenvalue weighted by Crippen LogP contribution is 2.37. The molecule has 0 spiro atoms. The number of benzene rings is 1. The van der Waals surface area contributed by atoms with Gasteiger partial charge in [-0.05, 0) is 38.1 Å². The molecule has 0 radical (unpaired) electrons. The molecular weight excluding hydrogens is 410 g/mol. The number of aromatic nitrogens is 2. The van der Waals surface area contributed by atoms with Crippen LogP contribution in [0.4, 0.5) is 37.1 Å². The lowest BCUT2D eigenvalue weighted by Crippen LogP contribution is -2.34. The number of hydrogen-bond donors (Lipinski definition) is 2. The molecule has 2 N–H and O–H groups in total. The Kier molecular flexibility index (Phi) is 6.39. The SMILES string of the molecule is CC(C)NC(=O)Nc1nccc(-c2cc(OC(F)(F)F)ccc2OC(F)(F)F)n1. The Morgan fingerprint density at radius 2 is 1.69 bits per heavy atom. The number of amides is 2. The molecule has 0 unspecified atom stereocenters. The molecular formula is C16H14F6N4O3. The van der Waals surface area contributed by atoms with Crippen molar-refractivity contribution in [3.05, 3.63) is 30.5 Å². The molecule has 13 heteroatoms. The second kappa shape index (κ2) is 8.41. The molecule has 2 aromatic rings. The smallest absolute Gasteiger partial charge is 0.406 e. The van der Waals surface area contributed by atoms with E-state index in [1.54, 1.807) is 13.8 Å². The van der Waals surface area contributed by atoms with E-state index in [2.05, 4.69) is 30.1 Å². The van der Waals surface area contributed by atoms with E-state index in [1.165, 1.54) is 0 Å². The van der Waals surface area contributed by atoms with Crippen molar-refractivity contribution in [3.8, 4) is 22.8 Å². The van der Waals surface area contributed by atoms with Crippen molar-refractivity contribution in [2.45, 2.75) is 32.6 Å². The zero-order valence-electron chi connectivity index (χ0n) is 14.9. The Morgan fingerprint density at radius 3 is 2.28 bits per heavy atom. The van der Waals surface area contributed by atoms with Gasteiger partial charge in [0.2, 0.25) is 5.95 Å². The first-order valence-corrected chi connectivity index (χ1v) is 7.89. The molecule has 2 amide bonds. The van der Waals surface area contributed by atoms with Gasteiger partial charge in [-0.2, -0.15) is 0 Å². The number of alkyl halides is 6. The number of hydrogen-bond acceptors (Lipinski definition) is 5. The molecule has 158 valence electrons. The summed E-state index contributed by atoms with van der Waals surface area (Å²) in [6, 6.07) is 2.22.